The Hall–Kier alpha value is -2.86. The van der Waals surface area contributed by atoms with Crippen LogP contribution in [0.15, 0.2) is 53.2 Å². The number of aromatic nitrogens is 1. The Labute approximate surface area is 146 Å². The third-order valence-corrected chi connectivity index (χ3v) is 3.91. The summed E-state index contributed by atoms with van der Waals surface area (Å²) in [6.07, 6.45) is 3.42. The summed E-state index contributed by atoms with van der Waals surface area (Å²) in [6.45, 7) is 1.37. The summed E-state index contributed by atoms with van der Waals surface area (Å²) < 4.78 is 16.2. The Morgan fingerprint density at radius 3 is 2.72 bits per heavy atom. The van der Waals surface area contributed by atoms with Crippen LogP contribution in [0.2, 0.25) is 0 Å². The first-order valence-electron chi connectivity index (χ1n) is 7.96. The second kappa shape index (κ2) is 7.81. The minimum atomic E-state index is -0.188. The van der Waals surface area contributed by atoms with Crippen LogP contribution in [0, 0.1) is 0 Å². The van der Waals surface area contributed by atoms with Crippen molar-refractivity contribution in [3.63, 3.8) is 0 Å². The van der Waals surface area contributed by atoms with Crippen molar-refractivity contribution in [2.24, 2.45) is 0 Å². The van der Waals surface area contributed by atoms with Gasteiger partial charge in [0, 0.05) is 38.0 Å². The predicted molar refractivity (Wildman–Crippen MR) is 93.6 cm³/mol. The fourth-order valence-electron chi connectivity index (χ4n) is 2.62. The second-order valence-electron chi connectivity index (χ2n) is 5.56. The third-order valence-electron chi connectivity index (χ3n) is 3.91. The molecule has 3 rings (SSSR count). The minimum absolute atomic E-state index is 0.188. The average molecular weight is 340 g/mol. The van der Waals surface area contributed by atoms with Crippen LogP contribution in [0.3, 0.4) is 0 Å². The summed E-state index contributed by atoms with van der Waals surface area (Å²) in [6, 6.07) is 11.1. The number of methoxy groups -OCH3 is 2. The van der Waals surface area contributed by atoms with E-state index >= 15 is 0 Å². The largest absolute Gasteiger partial charge is 0.493 e. The molecule has 0 fully saturated rings. The Morgan fingerprint density at radius 1 is 1.20 bits per heavy atom. The number of pyridine rings is 1. The number of benzene rings is 1. The molecule has 0 aliphatic heterocycles. The van der Waals surface area contributed by atoms with E-state index in [4.69, 9.17) is 13.9 Å². The summed E-state index contributed by atoms with van der Waals surface area (Å²) in [7, 11) is 3.19. The van der Waals surface area contributed by atoms with Gasteiger partial charge in [0.05, 0.1) is 13.7 Å². The predicted octanol–water partition coefficient (Wildman–Crippen LogP) is 3.13. The van der Waals surface area contributed by atoms with Gasteiger partial charge in [-0.3, -0.25) is 9.78 Å². The molecule has 0 spiro atoms. The SMILES string of the molecule is COCCN(Cc1ccncc1)C(=O)c1cc2cccc(OC)c2o1. The number of hydrogen-bond donors (Lipinski definition) is 0. The first kappa shape index (κ1) is 17.0. The lowest BCUT2D eigenvalue weighted by Crippen LogP contribution is -2.33. The van der Waals surface area contributed by atoms with Gasteiger partial charge in [-0.15, -0.1) is 0 Å². The highest BCUT2D eigenvalue weighted by molar-refractivity contribution is 5.97. The minimum Gasteiger partial charge on any atom is -0.493 e. The van der Waals surface area contributed by atoms with Crippen LogP contribution >= 0.6 is 0 Å². The summed E-state index contributed by atoms with van der Waals surface area (Å²) in [5.41, 5.74) is 1.57. The van der Waals surface area contributed by atoms with Crippen molar-refractivity contribution in [2.45, 2.75) is 6.54 Å². The quantitative estimate of drug-likeness (QED) is 0.661. The molecule has 0 N–H and O–H groups in total. The molecule has 0 radical (unpaired) electrons. The molecule has 25 heavy (non-hydrogen) atoms. The highest BCUT2D eigenvalue weighted by atomic mass is 16.5. The highest BCUT2D eigenvalue weighted by Gasteiger charge is 2.21. The van der Waals surface area contributed by atoms with Crippen molar-refractivity contribution in [3.8, 4) is 5.75 Å². The lowest BCUT2D eigenvalue weighted by molar-refractivity contribution is 0.0651. The van der Waals surface area contributed by atoms with Gasteiger partial charge in [-0.2, -0.15) is 0 Å². The average Bonchev–Trinajstić information content (AvgIpc) is 3.09. The maximum absolute atomic E-state index is 12.9. The number of rotatable bonds is 7. The second-order valence-corrected chi connectivity index (χ2v) is 5.56. The number of para-hydroxylation sites is 1. The van der Waals surface area contributed by atoms with Gasteiger partial charge in [-0.1, -0.05) is 12.1 Å². The number of furan rings is 1. The van der Waals surface area contributed by atoms with E-state index in [1.807, 2.05) is 24.3 Å². The maximum atomic E-state index is 12.9. The normalized spacial score (nSPS) is 10.8. The smallest absolute Gasteiger partial charge is 0.289 e. The van der Waals surface area contributed by atoms with Crippen LogP contribution in [0.4, 0.5) is 0 Å². The molecule has 6 heteroatoms. The van der Waals surface area contributed by atoms with Gasteiger partial charge < -0.3 is 18.8 Å². The van der Waals surface area contributed by atoms with Crippen LogP contribution in [0.5, 0.6) is 5.75 Å². The van der Waals surface area contributed by atoms with Gasteiger partial charge in [-0.05, 0) is 29.8 Å². The van der Waals surface area contributed by atoms with Crippen molar-refractivity contribution >= 4 is 16.9 Å². The molecule has 3 aromatic rings. The number of carbonyl (C=O) groups is 1. The first-order valence-corrected chi connectivity index (χ1v) is 7.96. The van der Waals surface area contributed by atoms with Crippen molar-refractivity contribution in [3.05, 3.63) is 60.1 Å². The molecule has 2 aromatic heterocycles. The number of nitrogens with zero attached hydrogens (tertiary/aromatic N) is 2. The molecule has 0 unspecified atom stereocenters. The van der Waals surface area contributed by atoms with Crippen molar-refractivity contribution < 1.29 is 18.7 Å². The highest BCUT2D eigenvalue weighted by Crippen LogP contribution is 2.29. The van der Waals surface area contributed by atoms with Gasteiger partial charge >= 0.3 is 0 Å². The standard InChI is InChI=1S/C19H20N2O4/c1-23-11-10-21(13-14-6-8-20-9-7-14)19(22)17-12-15-4-3-5-16(24-2)18(15)25-17/h3-9,12H,10-11,13H2,1-2H3. The van der Waals surface area contributed by atoms with Gasteiger partial charge in [0.1, 0.15) is 0 Å². The lowest BCUT2D eigenvalue weighted by Gasteiger charge is -2.21. The van der Waals surface area contributed by atoms with Crippen molar-refractivity contribution in [2.75, 3.05) is 27.4 Å². The van der Waals surface area contributed by atoms with Crippen molar-refractivity contribution in [1.82, 2.24) is 9.88 Å². The van der Waals surface area contributed by atoms with E-state index in [9.17, 15) is 4.79 Å². The number of carbonyl (C=O) groups excluding carboxylic acids is 1. The van der Waals surface area contributed by atoms with E-state index in [-0.39, 0.29) is 11.7 Å². The van der Waals surface area contributed by atoms with E-state index in [1.54, 1.807) is 43.6 Å². The number of fused-ring (bicyclic) bond motifs is 1. The fourth-order valence-corrected chi connectivity index (χ4v) is 2.62. The van der Waals surface area contributed by atoms with Crippen LogP contribution in [-0.4, -0.2) is 43.2 Å². The molecule has 130 valence electrons. The topological polar surface area (TPSA) is 64.8 Å². The zero-order chi connectivity index (χ0) is 17.6. The Balaban J connectivity index is 1.88. The van der Waals surface area contributed by atoms with Gasteiger partial charge in [0.15, 0.2) is 17.1 Å². The Bertz CT molecular complexity index is 845. The molecule has 6 nitrogen and oxygen atoms in total. The zero-order valence-electron chi connectivity index (χ0n) is 14.3. The molecule has 0 aliphatic rings. The van der Waals surface area contributed by atoms with Gasteiger partial charge in [0.25, 0.3) is 5.91 Å². The summed E-state index contributed by atoms with van der Waals surface area (Å²) in [5, 5.41) is 0.832. The monoisotopic (exact) mass is 340 g/mol. The summed E-state index contributed by atoms with van der Waals surface area (Å²) >= 11 is 0. The molecule has 0 bridgehead atoms. The molecule has 2 heterocycles. The molecule has 0 saturated carbocycles. The number of hydrogen-bond acceptors (Lipinski definition) is 5. The van der Waals surface area contributed by atoms with Gasteiger partial charge in [-0.25, -0.2) is 0 Å². The van der Waals surface area contributed by atoms with Crippen LogP contribution in [-0.2, 0) is 11.3 Å². The molecule has 1 aromatic carbocycles. The van der Waals surface area contributed by atoms with E-state index in [0.29, 0.717) is 31.0 Å². The van der Waals surface area contributed by atoms with Crippen LogP contribution < -0.4 is 4.74 Å². The van der Waals surface area contributed by atoms with E-state index < -0.39 is 0 Å². The first-order chi connectivity index (χ1) is 12.2. The van der Waals surface area contributed by atoms with E-state index in [2.05, 4.69) is 4.98 Å². The van der Waals surface area contributed by atoms with Crippen LogP contribution in [0.25, 0.3) is 11.0 Å². The Kier molecular flexibility index (Phi) is 5.30. The van der Waals surface area contributed by atoms with Gasteiger partial charge in [0.2, 0.25) is 0 Å². The van der Waals surface area contributed by atoms with E-state index in [0.717, 1.165) is 10.9 Å². The lowest BCUT2D eigenvalue weighted by atomic mass is 10.2. The maximum Gasteiger partial charge on any atom is 0.289 e. The number of ether oxygens (including phenoxy) is 2. The zero-order valence-corrected chi connectivity index (χ0v) is 14.3. The third kappa shape index (κ3) is 3.80. The fraction of sp³-hybridized carbons (Fsp3) is 0.263. The van der Waals surface area contributed by atoms with E-state index in [1.165, 1.54) is 0 Å². The molecule has 0 atom stereocenters. The molecular formula is C19H20N2O4. The summed E-state index contributed by atoms with van der Waals surface area (Å²) in [5.74, 6) is 0.700. The molecule has 0 saturated heterocycles. The van der Waals surface area contributed by atoms with Crippen molar-refractivity contribution in [1.29, 1.82) is 0 Å². The molecular weight excluding hydrogens is 320 g/mol. The van der Waals surface area contributed by atoms with Crippen LogP contribution in [0.1, 0.15) is 16.1 Å². The number of amides is 1. The molecule has 0 aliphatic carbocycles. The summed E-state index contributed by atoms with van der Waals surface area (Å²) in [4.78, 5) is 18.6. The molecule has 1 amide bonds. The Morgan fingerprint density at radius 2 is 2.00 bits per heavy atom.